The number of rotatable bonds is 6. The van der Waals surface area contributed by atoms with E-state index in [2.05, 4.69) is 10.3 Å². The first-order chi connectivity index (χ1) is 8.81. The molecule has 2 amide bonds. The summed E-state index contributed by atoms with van der Waals surface area (Å²) in [6.07, 6.45) is 7.07. The van der Waals surface area contributed by atoms with Crippen LogP contribution in [0.25, 0.3) is 0 Å². The molecule has 18 heavy (non-hydrogen) atoms. The lowest BCUT2D eigenvalue weighted by atomic mass is 10.3. The van der Waals surface area contributed by atoms with Gasteiger partial charge in [0.25, 0.3) is 0 Å². The normalized spacial score (nSPS) is 14.3. The summed E-state index contributed by atoms with van der Waals surface area (Å²) in [5, 5.41) is 11.7. The second-order valence-electron chi connectivity index (χ2n) is 4.52. The van der Waals surface area contributed by atoms with E-state index in [1.54, 1.807) is 24.5 Å². The molecular formula is C13H19N3O2. The molecule has 1 saturated carbocycles. The van der Waals surface area contributed by atoms with Crippen molar-refractivity contribution in [3.8, 4) is 0 Å². The lowest BCUT2D eigenvalue weighted by Gasteiger charge is -2.22. The predicted molar refractivity (Wildman–Crippen MR) is 69.3 cm³/mol. The smallest absolute Gasteiger partial charge is 0.322 e. The zero-order chi connectivity index (χ0) is 12.8. The number of amides is 2. The average molecular weight is 249 g/mol. The summed E-state index contributed by atoms with van der Waals surface area (Å²) in [6, 6.07) is 3.88. The third-order valence-corrected chi connectivity index (χ3v) is 2.99. The van der Waals surface area contributed by atoms with E-state index in [9.17, 15) is 4.79 Å². The third kappa shape index (κ3) is 3.70. The fraction of sp³-hybridized carbons (Fsp3) is 0.538. The highest BCUT2D eigenvalue weighted by Crippen LogP contribution is 2.27. The Labute approximate surface area is 107 Å². The summed E-state index contributed by atoms with van der Waals surface area (Å²) >= 11 is 0. The highest BCUT2D eigenvalue weighted by Gasteiger charge is 2.32. The van der Waals surface area contributed by atoms with Crippen LogP contribution in [0, 0.1) is 0 Å². The molecular weight excluding hydrogens is 230 g/mol. The van der Waals surface area contributed by atoms with Gasteiger partial charge in [0.05, 0.1) is 0 Å². The predicted octanol–water partition coefficient (Wildman–Crippen LogP) is 1.85. The van der Waals surface area contributed by atoms with Crippen molar-refractivity contribution in [1.82, 2.24) is 9.88 Å². The Hall–Kier alpha value is -1.62. The molecule has 0 unspecified atom stereocenters. The first-order valence-corrected chi connectivity index (χ1v) is 6.40. The summed E-state index contributed by atoms with van der Waals surface area (Å²) in [5.41, 5.74) is 0.766. The maximum atomic E-state index is 12.1. The van der Waals surface area contributed by atoms with Crippen LogP contribution in [-0.2, 0) is 0 Å². The van der Waals surface area contributed by atoms with E-state index in [4.69, 9.17) is 5.11 Å². The summed E-state index contributed by atoms with van der Waals surface area (Å²) in [5.74, 6) is 0. The van der Waals surface area contributed by atoms with Crippen LogP contribution in [0.2, 0.25) is 0 Å². The third-order valence-electron chi connectivity index (χ3n) is 2.99. The first-order valence-electron chi connectivity index (χ1n) is 6.40. The molecule has 0 radical (unpaired) electrons. The highest BCUT2D eigenvalue weighted by molar-refractivity contribution is 5.89. The minimum Gasteiger partial charge on any atom is -0.396 e. The zero-order valence-electron chi connectivity index (χ0n) is 10.4. The molecule has 1 aromatic heterocycles. The molecule has 0 spiro atoms. The number of aliphatic hydroxyl groups is 1. The van der Waals surface area contributed by atoms with Gasteiger partial charge in [-0.2, -0.15) is 0 Å². The van der Waals surface area contributed by atoms with Crippen LogP contribution in [0.3, 0.4) is 0 Å². The van der Waals surface area contributed by atoms with Gasteiger partial charge in [0.15, 0.2) is 0 Å². The second-order valence-corrected chi connectivity index (χ2v) is 4.52. The standard InChI is InChI=1S/C13H19N3O2/c17-10-2-1-9-16(12-3-4-12)13(18)15-11-5-7-14-8-6-11/h5-8,12,17H,1-4,9-10H2,(H,14,15,18). The van der Waals surface area contributed by atoms with Gasteiger partial charge in [0, 0.05) is 37.3 Å². The monoisotopic (exact) mass is 249 g/mol. The number of hydrogen-bond donors (Lipinski definition) is 2. The van der Waals surface area contributed by atoms with Gasteiger partial charge in [-0.15, -0.1) is 0 Å². The van der Waals surface area contributed by atoms with Crippen molar-refractivity contribution in [1.29, 1.82) is 0 Å². The van der Waals surface area contributed by atoms with Crippen molar-refractivity contribution >= 4 is 11.7 Å². The van der Waals surface area contributed by atoms with Crippen molar-refractivity contribution in [2.45, 2.75) is 31.7 Å². The van der Waals surface area contributed by atoms with E-state index < -0.39 is 0 Å². The summed E-state index contributed by atoms with van der Waals surface area (Å²) in [4.78, 5) is 17.9. The van der Waals surface area contributed by atoms with Gasteiger partial charge < -0.3 is 15.3 Å². The maximum absolute atomic E-state index is 12.1. The van der Waals surface area contributed by atoms with Gasteiger partial charge in [0.1, 0.15) is 0 Å². The Kier molecular flexibility index (Phi) is 4.52. The van der Waals surface area contributed by atoms with Gasteiger partial charge in [-0.25, -0.2) is 4.79 Å². The number of hydrogen-bond acceptors (Lipinski definition) is 3. The number of anilines is 1. The molecule has 1 aliphatic carbocycles. The Bertz CT molecular complexity index is 379. The lowest BCUT2D eigenvalue weighted by molar-refractivity contribution is 0.204. The molecule has 2 rings (SSSR count). The highest BCUT2D eigenvalue weighted by atomic mass is 16.3. The van der Waals surface area contributed by atoms with Crippen molar-refractivity contribution in [2.24, 2.45) is 0 Å². The molecule has 0 saturated heterocycles. The lowest BCUT2D eigenvalue weighted by Crippen LogP contribution is -2.37. The SMILES string of the molecule is O=C(Nc1ccncc1)N(CCCCO)C1CC1. The molecule has 1 aliphatic rings. The number of nitrogens with zero attached hydrogens (tertiary/aromatic N) is 2. The van der Waals surface area contributed by atoms with Gasteiger partial charge in [-0.1, -0.05) is 0 Å². The van der Waals surface area contributed by atoms with Crippen LogP contribution in [0.1, 0.15) is 25.7 Å². The van der Waals surface area contributed by atoms with Gasteiger partial charge in [-0.05, 0) is 37.8 Å². The zero-order valence-corrected chi connectivity index (χ0v) is 10.4. The molecule has 1 fully saturated rings. The van der Waals surface area contributed by atoms with E-state index in [1.807, 2.05) is 4.90 Å². The molecule has 5 heteroatoms. The number of urea groups is 1. The first kappa shape index (κ1) is 12.8. The van der Waals surface area contributed by atoms with Crippen LogP contribution < -0.4 is 5.32 Å². The van der Waals surface area contributed by atoms with E-state index in [0.29, 0.717) is 12.6 Å². The second kappa shape index (κ2) is 6.35. The molecule has 0 bridgehead atoms. The molecule has 2 N–H and O–H groups in total. The van der Waals surface area contributed by atoms with Crippen LogP contribution in [0.5, 0.6) is 0 Å². The van der Waals surface area contributed by atoms with Crippen molar-refractivity contribution < 1.29 is 9.90 Å². The van der Waals surface area contributed by atoms with Crippen molar-refractivity contribution in [3.63, 3.8) is 0 Å². The van der Waals surface area contributed by atoms with Crippen LogP contribution in [0.4, 0.5) is 10.5 Å². The Morgan fingerprint density at radius 2 is 2.11 bits per heavy atom. The number of aliphatic hydroxyl groups excluding tert-OH is 1. The maximum Gasteiger partial charge on any atom is 0.322 e. The minimum absolute atomic E-state index is 0.0540. The van der Waals surface area contributed by atoms with Crippen LogP contribution >= 0.6 is 0 Å². The molecule has 1 aromatic rings. The fourth-order valence-electron chi connectivity index (χ4n) is 1.86. The van der Waals surface area contributed by atoms with Crippen LogP contribution in [-0.4, -0.2) is 40.2 Å². The Balaban J connectivity index is 1.87. The molecule has 1 heterocycles. The topological polar surface area (TPSA) is 65.5 Å². The number of pyridine rings is 1. The Morgan fingerprint density at radius 1 is 1.39 bits per heavy atom. The van der Waals surface area contributed by atoms with E-state index in [0.717, 1.165) is 31.4 Å². The Morgan fingerprint density at radius 3 is 2.72 bits per heavy atom. The summed E-state index contributed by atoms with van der Waals surface area (Å²) in [7, 11) is 0. The summed E-state index contributed by atoms with van der Waals surface area (Å²) in [6.45, 7) is 0.895. The van der Waals surface area contributed by atoms with Gasteiger partial charge in [-0.3, -0.25) is 4.98 Å². The van der Waals surface area contributed by atoms with Gasteiger partial charge in [0.2, 0.25) is 0 Å². The number of unbranched alkanes of at least 4 members (excludes halogenated alkanes) is 1. The van der Waals surface area contributed by atoms with E-state index in [1.165, 1.54) is 0 Å². The number of carbonyl (C=O) groups is 1. The van der Waals surface area contributed by atoms with Crippen LogP contribution in [0.15, 0.2) is 24.5 Å². The van der Waals surface area contributed by atoms with E-state index in [-0.39, 0.29) is 12.6 Å². The number of nitrogens with one attached hydrogen (secondary N) is 1. The molecule has 5 nitrogen and oxygen atoms in total. The summed E-state index contributed by atoms with van der Waals surface area (Å²) < 4.78 is 0. The number of aromatic nitrogens is 1. The van der Waals surface area contributed by atoms with Crippen molar-refractivity contribution in [3.05, 3.63) is 24.5 Å². The molecule has 0 atom stereocenters. The fourth-order valence-corrected chi connectivity index (χ4v) is 1.86. The minimum atomic E-state index is -0.0540. The largest absolute Gasteiger partial charge is 0.396 e. The van der Waals surface area contributed by atoms with Gasteiger partial charge >= 0.3 is 6.03 Å². The molecule has 0 aromatic carbocycles. The number of carbonyl (C=O) groups excluding carboxylic acids is 1. The molecule has 98 valence electrons. The van der Waals surface area contributed by atoms with E-state index >= 15 is 0 Å². The molecule has 0 aliphatic heterocycles. The quantitative estimate of drug-likeness (QED) is 0.756. The van der Waals surface area contributed by atoms with Crippen molar-refractivity contribution in [2.75, 3.05) is 18.5 Å². The average Bonchev–Trinajstić information content (AvgIpc) is 3.20.